The average molecular weight is 248 g/mol. The molecule has 0 spiro atoms. The predicted octanol–water partition coefficient (Wildman–Crippen LogP) is 2.69. The summed E-state index contributed by atoms with van der Waals surface area (Å²) in [6.45, 7) is 3.09. The van der Waals surface area contributed by atoms with Gasteiger partial charge in [-0.2, -0.15) is 4.98 Å². The first-order valence-corrected chi connectivity index (χ1v) is 5.92. The smallest absolute Gasteiger partial charge is 0.257 e. The van der Waals surface area contributed by atoms with Gasteiger partial charge in [0.15, 0.2) is 5.82 Å². The molecule has 0 aliphatic carbocycles. The summed E-state index contributed by atoms with van der Waals surface area (Å²) in [4.78, 5) is 4.35. The molecule has 1 saturated heterocycles. The van der Waals surface area contributed by atoms with E-state index in [4.69, 9.17) is 9.26 Å². The molecule has 0 bridgehead atoms. The summed E-state index contributed by atoms with van der Waals surface area (Å²) in [5.74, 6) is 1.08. The summed E-state index contributed by atoms with van der Waals surface area (Å²) >= 11 is 0. The van der Waals surface area contributed by atoms with Gasteiger partial charge in [0.2, 0.25) is 0 Å². The Labute approximate surface area is 104 Å². The van der Waals surface area contributed by atoms with Gasteiger partial charge in [0.05, 0.1) is 6.61 Å². The van der Waals surface area contributed by atoms with Crippen LogP contribution in [-0.2, 0) is 4.74 Å². The Morgan fingerprint density at radius 1 is 1.39 bits per heavy atom. The topological polar surface area (TPSA) is 48.2 Å². The van der Waals surface area contributed by atoms with E-state index in [9.17, 15) is 4.39 Å². The Balaban J connectivity index is 1.89. The normalized spacial score (nSPS) is 19.3. The fraction of sp³-hybridized carbons (Fsp3) is 0.385. The van der Waals surface area contributed by atoms with Crippen molar-refractivity contribution in [2.75, 3.05) is 13.2 Å². The number of aryl methyl sites for hydroxylation is 1. The molecule has 4 nitrogen and oxygen atoms in total. The minimum atomic E-state index is -0.234. The van der Waals surface area contributed by atoms with Crippen LogP contribution in [0.4, 0.5) is 4.39 Å². The lowest BCUT2D eigenvalue weighted by Gasteiger charge is -1.99. The van der Waals surface area contributed by atoms with Crippen molar-refractivity contribution in [2.45, 2.75) is 19.3 Å². The number of ether oxygens (including phenoxy) is 1. The third-order valence-electron chi connectivity index (χ3n) is 3.14. The Morgan fingerprint density at radius 3 is 3.00 bits per heavy atom. The van der Waals surface area contributed by atoms with Crippen LogP contribution in [0.5, 0.6) is 0 Å². The first kappa shape index (κ1) is 11.3. The van der Waals surface area contributed by atoms with Gasteiger partial charge in [-0.1, -0.05) is 5.16 Å². The lowest BCUT2D eigenvalue weighted by molar-refractivity contribution is 0.192. The van der Waals surface area contributed by atoms with Crippen molar-refractivity contribution in [1.82, 2.24) is 10.1 Å². The summed E-state index contributed by atoms with van der Waals surface area (Å²) in [6.07, 6.45) is 0.918. The molecular weight excluding hydrogens is 235 g/mol. The van der Waals surface area contributed by atoms with E-state index in [1.165, 1.54) is 6.07 Å². The van der Waals surface area contributed by atoms with Crippen molar-refractivity contribution in [3.63, 3.8) is 0 Å². The maximum Gasteiger partial charge on any atom is 0.257 e. The number of hydrogen-bond acceptors (Lipinski definition) is 4. The van der Waals surface area contributed by atoms with Crippen LogP contribution >= 0.6 is 0 Å². The van der Waals surface area contributed by atoms with Crippen LogP contribution in [0.3, 0.4) is 0 Å². The Bertz CT molecular complexity index is 562. The second-order valence-corrected chi connectivity index (χ2v) is 4.48. The second kappa shape index (κ2) is 4.49. The van der Waals surface area contributed by atoms with Gasteiger partial charge in [0, 0.05) is 18.1 Å². The molecular formula is C13H13FN2O2. The summed E-state index contributed by atoms with van der Waals surface area (Å²) < 4.78 is 23.7. The van der Waals surface area contributed by atoms with Gasteiger partial charge in [-0.25, -0.2) is 4.39 Å². The van der Waals surface area contributed by atoms with E-state index >= 15 is 0 Å². The van der Waals surface area contributed by atoms with E-state index in [0.29, 0.717) is 23.9 Å². The molecule has 0 radical (unpaired) electrons. The zero-order valence-corrected chi connectivity index (χ0v) is 10.0. The molecule has 1 unspecified atom stereocenters. The molecule has 1 fully saturated rings. The number of benzene rings is 1. The molecule has 1 aliphatic rings. The van der Waals surface area contributed by atoms with E-state index in [1.54, 1.807) is 19.1 Å². The molecule has 0 amide bonds. The second-order valence-electron chi connectivity index (χ2n) is 4.48. The zero-order valence-electron chi connectivity index (χ0n) is 10.0. The van der Waals surface area contributed by atoms with Gasteiger partial charge in [-0.15, -0.1) is 0 Å². The highest BCUT2D eigenvalue weighted by molar-refractivity contribution is 5.54. The third-order valence-corrected chi connectivity index (χ3v) is 3.14. The van der Waals surface area contributed by atoms with Crippen LogP contribution in [0.1, 0.15) is 23.7 Å². The quantitative estimate of drug-likeness (QED) is 0.819. The van der Waals surface area contributed by atoms with Crippen molar-refractivity contribution in [3.05, 3.63) is 35.4 Å². The zero-order chi connectivity index (χ0) is 12.5. The molecule has 94 valence electrons. The van der Waals surface area contributed by atoms with E-state index in [-0.39, 0.29) is 11.7 Å². The minimum absolute atomic E-state index is 0.212. The van der Waals surface area contributed by atoms with E-state index < -0.39 is 0 Å². The maximum absolute atomic E-state index is 13.2. The molecule has 18 heavy (non-hydrogen) atoms. The van der Waals surface area contributed by atoms with Crippen LogP contribution in [0.25, 0.3) is 11.5 Å². The first-order chi connectivity index (χ1) is 8.74. The fourth-order valence-electron chi connectivity index (χ4n) is 2.03. The molecule has 2 aromatic rings. The molecule has 2 heterocycles. The van der Waals surface area contributed by atoms with Gasteiger partial charge in [0.1, 0.15) is 5.82 Å². The number of hydrogen-bond donors (Lipinski definition) is 0. The SMILES string of the molecule is Cc1cc(-c2nc(C3CCOC3)no2)ccc1F. The van der Waals surface area contributed by atoms with Crippen LogP contribution in [0, 0.1) is 12.7 Å². The number of nitrogens with zero attached hydrogens (tertiary/aromatic N) is 2. The summed E-state index contributed by atoms with van der Waals surface area (Å²) in [5.41, 5.74) is 1.31. The number of halogens is 1. The van der Waals surface area contributed by atoms with Crippen LogP contribution < -0.4 is 0 Å². The highest BCUT2D eigenvalue weighted by atomic mass is 19.1. The van der Waals surface area contributed by atoms with Gasteiger partial charge in [-0.05, 0) is 37.1 Å². The number of aromatic nitrogens is 2. The van der Waals surface area contributed by atoms with E-state index in [0.717, 1.165) is 18.6 Å². The maximum atomic E-state index is 13.2. The predicted molar refractivity (Wildman–Crippen MR) is 62.6 cm³/mol. The minimum Gasteiger partial charge on any atom is -0.381 e. The summed E-state index contributed by atoms with van der Waals surface area (Å²) in [6, 6.07) is 4.76. The lowest BCUT2D eigenvalue weighted by Crippen LogP contribution is -1.99. The van der Waals surface area contributed by atoms with Gasteiger partial charge in [0.25, 0.3) is 5.89 Å². The number of rotatable bonds is 2. The Morgan fingerprint density at radius 2 is 2.28 bits per heavy atom. The first-order valence-electron chi connectivity index (χ1n) is 5.92. The van der Waals surface area contributed by atoms with Crippen LogP contribution in [-0.4, -0.2) is 23.4 Å². The Hall–Kier alpha value is -1.75. The Kier molecular flexibility index (Phi) is 2.83. The third kappa shape index (κ3) is 2.01. The highest BCUT2D eigenvalue weighted by Crippen LogP contribution is 2.26. The van der Waals surface area contributed by atoms with Crippen LogP contribution in [0.2, 0.25) is 0 Å². The van der Waals surface area contributed by atoms with Crippen LogP contribution in [0.15, 0.2) is 22.7 Å². The lowest BCUT2D eigenvalue weighted by atomic mass is 10.1. The van der Waals surface area contributed by atoms with E-state index in [2.05, 4.69) is 10.1 Å². The van der Waals surface area contributed by atoms with Crippen molar-refractivity contribution < 1.29 is 13.7 Å². The average Bonchev–Trinajstić information content (AvgIpc) is 3.01. The molecule has 0 N–H and O–H groups in total. The van der Waals surface area contributed by atoms with Crippen molar-refractivity contribution >= 4 is 0 Å². The van der Waals surface area contributed by atoms with Gasteiger partial charge in [-0.3, -0.25) is 0 Å². The largest absolute Gasteiger partial charge is 0.381 e. The summed E-state index contributed by atoms with van der Waals surface area (Å²) in [7, 11) is 0. The molecule has 0 saturated carbocycles. The van der Waals surface area contributed by atoms with Crippen molar-refractivity contribution in [2.24, 2.45) is 0 Å². The molecule has 1 aliphatic heterocycles. The monoisotopic (exact) mass is 248 g/mol. The van der Waals surface area contributed by atoms with Gasteiger partial charge >= 0.3 is 0 Å². The molecule has 1 aromatic carbocycles. The van der Waals surface area contributed by atoms with Gasteiger partial charge < -0.3 is 9.26 Å². The highest BCUT2D eigenvalue weighted by Gasteiger charge is 2.23. The van der Waals surface area contributed by atoms with Crippen molar-refractivity contribution in [1.29, 1.82) is 0 Å². The molecule has 3 rings (SSSR count). The summed E-state index contributed by atoms with van der Waals surface area (Å²) in [5, 5.41) is 3.97. The fourth-order valence-corrected chi connectivity index (χ4v) is 2.03. The molecule has 1 aromatic heterocycles. The van der Waals surface area contributed by atoms with E-state index in [1.807, 2.05) is 0 Å². The van der Waals surface area contributed by atoms with Crippen molar-refractivity contribution in [3.8, 4) is 11.5 Å². The standard InChI is InChI=1S/C13H13FN2O2/c1-8-6-9(2-3-11(8)14)13-15-12(16-18-13)10-4-5-17-7-10/h2-3,6,10H,4-5,7H2,1H3. The molecule has 1 atom stereocenters. The molecule has 5 heteroatoms.